The van der Waals surface area contributed by atoms with Crippen molar-refractivity contribution in [3.8, 4) is 22.3 Å². The second kappa shape index (κ2) is 5.34. The fourth-order valence-corrected chi connectivity index (χ4v) is 3.30. The van der Waals surface area contributed by atoms with E-state index in [-0.39, 0.29) is 11.1 Å². The molecule has 3 aromatic rings. The zero-order valence-corrected chi connectivity index (χ0v) is 12.4. The number of aldehydes is 1. The number of rotatable bonds is 2. The molecule has 0 aromatic heterocycles. The first-order valence-corrected chi connectivity index (χ1v) is 7.45. The van der Waals surface area contributed by atoms with Gasteiger partial charge in [0.25, 0.3) is 0 Å². The van der Waals surface area contributed by atoms with Crippen molar-refractivity contribution in [1.82, 2.24) is 0 Å². The third-order valence-corrected chi connectivity index (χ3v) is 4.42. The Kier molecular flexibility index (Phi) is 3.27. The fourth-order valence-electron chi connectivity index (χ4n) is 3.30. The van der Waals surface area contributed by atoms with Gasteiger partial charge in [0.05, 0.1) is 0 Å². The number of carbonyl (C=O) groups excluding carboxylic acids is 1. The second-order valence-electron chi connectivity index (χ2n) is 5.74. The van der Waals surface area contributed by atoms with Gasteiger partial charge >= 0.3 is 0 Å². The first kappa shape index (κ1) is 14.7. The quantitative estimate of drug-likeness (QED) is 0.368. The van der Waals surface area contributed by atoms with Crippen LogP contribution in [0, 0.1) is 17.5 Å². The molecule has 118 valence electrons. The van der Waals surface area contributed by atoms with Crippen molar-refractivity contribution in [2.75, 3.05) is 0 Å². The van der Waals surface area contributed by atoms with E-state index in [1.165, 1.54) is 12.1 Å². The maximum Gasteiger partial charge on any atom is 0.195 e. The number of hydrogen-bond acceptors (Lipinski definition) is 1. The highest BCUT2D eigenvalue weighted by atomic mass is 19.2. The summed E-state index contributed by atoms with van der Waals surface area (Å²) in [6.45, 7) is 0. The molecule has 0 atom stereocenters. The van der Waals surface area contributed by atoms with E-state index in [9.17, 15) is 18.0 Å². The Labute approximate surface area is 136 Å². The van der Waals surface area contributed by atoms with Crippen molar-refractivity contribution in [1.29, 1.82) is 0 Å². The zero-order chi connectivity index (χ0) is 16.8. The van der Waals surface area contributed by atoms with Gasteiger partial charge in [-0.1, -0.05) is 48.5 Å². The van der Waals surface area contributed by atoms with Crippen LogP contribution in [0.25, 0.3) is 22.3 Å². The van der Waals surface area contributed by atoms with Crippen molar-refractivity contribution in [2.45, 2.75) is 6.42 Å². The molecule has 4 heteroatoms. The van der Waals surface area contributed by atoms with E-state index in [1.54, 1.807) is 24.3 Å². The predicted molar refractivity (Wildman–Crippen MR) is 85.4 cm³/mol. The summed E-state index contributed by atoms with van der Waals surface area (Å²) in [5.74, 6) is -3.82. The maximum atomic E-state index is 14.5. The summed E-state index contributed by atoms with van der Waals surface area (Å²) in [5, 5.41) is 0. The van der Waals surface area contributed by atoms with E-state index >= 15 is 0 Å². The van der Waals surface area contributed by atoms with Gasteiger partial charge in [-0.15, -0.1) is 0 Å². The number of benzene rings is 3. The Hall–Kier alpha value is -2.88. The molecular weight excluding hydrogens is 313 g/mol. The molecule has 0 saturated carbocycles. The summed E-state index contributed by atoms with van der Waals surface area (Å²) in [6.07, 6.45) is 1.01. The van der Waals surface area contributed by atoms with Crippen molar-refractivity contribution in [3.05, 3.63) is 82.7 Å². The van der Waals surface area contributed by atoms with Crippen LogP contribution in [0.3, 0.4) is 0 Å². The summed E-state index contributed by atoms with van der Waals surface area (Å²) < 4.78 is 43.1. The number of halogens is 3. The molecule has 0 radical (unpaired) electrons. The first-order chi connectivity index (χ1) is 11.6. The Morgan fingerprint density at radius 2 is 1.46 bits per heavy atom. The van der Waals surface area contributed by atoms with Gasteiger partial charge in [0.1, 0.15) is 6.29 Å². The highest BCUT2D eigenvalue weighted by Gasteiger charge is 2.31. The standard InChI is InChI=1S/C20H11F3O/c21-18-16(12-7-5-11(10-24)6-8-12)15-9-13-3-1-2-4-14(13)17(15)19(22)20(18)23/h1-8,10H,9H2. The molecule has 0 spiro atoms. The van der Waals surface area contributed by atoms with Crippen LogP contribution in [-0.2, 0) is 6.42 Å². The highest BCUT2D eigenvalue weighted by molar-refractivity contribution is 5.86. The van der Waals surface area contributed by atoms with Gasteiger partial charge in [0.2, 0.25) is 0 Å². The Morgan fingerprint density at radius 3 is 2.17 bits per heavy atom. The zero-order valence-electron chi connectivity index (χ0n) is 12.4. The van der Waals surface area contributed by atoms with Crippen molar-refractivity contribution in [3.63, 3.8) is 0 Å². The second-order valence-corrected chi connectivity index (χ2v) is 5.74. The van der Waals surface area contributed by atoms with E-state index in [1.807, 2.05) is 12.1 Å². The van der Waals surface area contributed by atoms with Gasteiger partial charge in [0, 0.05) is 16.7 Å². The molecule has 1 aliphatic rings. The molecule has 0 unspecified atom stereocenters. The molecule has 0 N–H and O–H groups in total. The lowest BCUT2D eigenvalue weighted by Gasteiger charge is -2.13. The first-order valence-electron chi connectivity index (χ1n) is 7.45. The summed E-state index contributed by atoms with van der Waals surface area (Å²) >= 11 is 0. The molecule has 0 bridgehead atoms. The average molecular weight is 324 g/mol. The third kappa shape index (κ3) is 1.99. The van der Waals surface area contributed by atoms with E-state index in [4.69, 9.17) is 0 Å². The van der Waals surface area contributed by atoms with Crippen LogP contribution in [0.15, 0.2) is 48.5 Å². The molecular formula is C20H11F3O. The minimum Gasteiger partial charge on any atom is -0.298 e. The van der Waals surface area contributed by atoms with Crippen LogP contribution in [0.4, 0.5) is 13.2 Å². The molecule has 24 heavy (non-hydrogen) atoms. The van der Waals surface area contributed by atoms with Crippen LogP contribution in [-0.4, -0.2) is 6.29 Å². The van der Waals surface area contributed by atoms with E-state index in [0.29, 0.717) is 35.0 Å². The summed E-state index contributed by atoms with van der Waals surface area (Å²) in [4.78, 5) is 10.8. The highest BCUT2D eigenvalue weighted by Crippen LogP contribution is 2.45. The molecule has 4 rings (SSSR count). The van der Waals surface area contributed by atoms with Crippen LogP contribution in [0.5, 0.6) is 0 Å². The monoisotopic (exact) mass is 324 g/mol. The lowest BCUT2D eigenvalue weighted by Crippen LogP contribution is -2.01. The fraction of sp³-hybridized carbons (Fsp3) is 0.0500. The molecule has 1 aliphatic carbocycles. The lowest BCUT2D eigenvalue weighted by atomic mass is 9.93. The van der Waals surface area contributed by atoms with Gasteiger partial charge in [-0.25, -0.2) is 13.2 Å². The number of hydrogen-bond donors (Lipinski definition) is 0. The molecule has 0 amide bonds. The number of carbonyl (C=O) groups is 1. The molecule has 0 saturated heterocycles. The van der Waals surface area contributed by atoms with Gasteiger partial charge < -0.3 is 0 Å². The Balaban J connectivity index is 2.02. The molecule has 0 fully saturated rings. The molecule has 1 nitrogen and oxygen atoms in total. The van der Waals surface area contributed by atoms with Crippen molar-refractivity contribution in [2.24, 2.45) is 0 Å². The van der Waals surface area contributed by atoms with Crippen LogP contribution >= 0.6 is 0 Å². The smallest absolute Gasteiger partial charge is 0.195 e. The van der Waals surface area contributed by atoms with Gasteiger partial charge in [-0.3, -0.25) is 4.79 Å². The minimum atomic E-state index is -1.47. The van der Waals surface area contributed by atoms with Gasteiger partial charge in [-0.2, -0.15) is 0 Å². The molecule has 0 heterocycles. The third-order valence-electron chi connectivity index (χ3n) is 4.42. The Bertz CT molecular complexity index is 975. The van der Waals surface area contributed by atoms with Crippen LogP contribution in [0.2, 0.25) is 0 Å². The normalized spacial score (nSPS) is 12.0. The summed E-state index contributed by atoms with van der Waals surface area (Å²) in [5.41, 5.74) is 2.89. The van der Waals surface area contributed by atoms with Crippen molar-refractivity contribution < 1.29 is 18.0 Å². The topological polar surface area (TPSA) is 17.1 Å². The Morgan fingerprint density at radius 1 is 0.792 bits per heavy atom. The van der Waals surface area contributed by atoms with Crippen LogP contribution in [0.1, 0.15) is 21.5 Å². The van der Waals surface area contributed by atoms with Crippen molar-refractivity contribution >= 4 is 6.29 Å². The minimum absolute atomic E-state index is 0.0533. The maximum absolute atomic E-state index is 14.5. The van der Waals surface area contributed by atoms with Gasteiger partial charge in [-0.05, 0) is 28.7 Å². The van der Waals surface area contributed by atoms with E-state index in [0.717, 1.165) is 5.56 Å². The van der Waals surface area contributed by atoms with E-state index in [2.05, 4.69) is 0 Å². The molecule has 0 aliphatic heterocycles. The summed E-state index contributed by atoms with van der Waals surface area (Å²) in [7, 11) is 0. The van der Waals surface area contributed by atoms with Crippen LogP contribution < -0.4 is 0 Å². The SMILES string of the molecule is O=Cc1ccc(-c2c(F)c(F)c(F)c3c2Cc2ccccc2-3)cc1. The predicted octanol–water partition coefficient (Wildman–Crippen LogP) is 5.15. The number of fused-ring (bicyclic) bond motifs is 3. The van der Waals surface area contributed by atoms with Gasteiger partial charge in [0.15, 0.2) is 17.5 Å². The summed E-state index contributed by atoms with van der Waals surface area (Å²) in [6, 6.07) is 13.2. The average Bonchev–Trinajstić information content (AvgIpc) is 2.99. The van der Waals surface area contributed by atoms with E-state index < -0.39 is 17.5 Å². The lowest BCUT2D eigenvalue weighted by molar-refractivity contribution is 0.112. The largest absolute Gasteiger partial charge is 0.298 e. The molecule has 3 aromatic carbocycles.